The molecule has 0 atom stereocenters. The van der Waals surface area contributed by atoms with Crippen LogP contribution in [0, 0.1) is 0 Å². The van der Waals surface area contributed by atoms with Crippen LogP contribution < -0.4 is 15.4 Å². The summed E-state index contributed by atoms with van der Waals surface area (Å²) in [6, 6.07) is 23.4. The summed E-state index contributed by atoms with van der Waals surface area (Å²) >= 11 is 0. The second-order valence-electron chi connectivity index (χ2n) is 7.93. The molecule has 0 spiro atoms. The number of anilines is 1. The second-order valence-corrected chi connectivity index (χ2v) is 7.93. The van der Waals surface area contributed by atoms with E-state index in [1.165, 1.54) is 16.5 Å². The van der Waals surface area contributed by atoms with E-state index in [0.717, 1.165) is 29.8 Å². The van der Waals surface area contributed by atoms with Gasteiger partial charge in [-0.05, 0) is 73.4 Å². The number of guanidine groups is 1. The van der Waals surface area contributed by atoms with E-state index < -0.39 is 0 Å². The Morgan fingerprint density at radius 2 is 1.82 bits per heavy atom. The SMILES string of the molecule is CCOc1ccc(C(=O)NC(=NCCc2c[nH]c3ccccc23)Nc2cccc(CC)c2)cc1. The third kappa shape index (κ3) is 5.84. The van der Waals surface area contributed by atoms with Crippen LogP contribution in [0.4, 0.5) is 5.69 Å². The number of nitrogens with one attached hydrogen (secondary N) is 3. The van der Waals surface area contributed by atoms with Crippen LogP contribution in [0.3, 0.4) is 0 Å². The van der Waals surface area contributed by atoms with Crippen molar-refractivity contribution >= 4 is 28.5 Å². The van der Waals surface area contributed by atoms with Gasteiger partial charge in [-0.15, -0.1) is 0 Å². The fourth-order valence-corrected chi connectivity index (χ4v) is 3.79. The topological polar surface area (TPSA) is 78.5 Å². The molecule has 1 heterocycles. The highest BCUT2D eigenvalue weighted by Crippen LogP contribution is 2.18. The van der Waals surface area contributed by atoms with Gasteiger partial charge < -0.3 is 15.0 Å². The molecule has 4 aromatic rings. The molecule has 3 aromatic carbocycles. The summed E-state index contributed by atoms with van der Waals surface area (Å²) in [6.07, 6.45) is 3.71. The van der Waals surface area contributed by atoms with Crippen molar-refractivity contribution in [1.29, 1.82) is 0 Å². The number of amides is 1. The van der Waals surface area contributed by atoms with Gasteiger partial charge >= 0.3 is 0 Å². The number of H-pyrrole nitrogens is 1. The first kappa shape index (κ1) is 23.1. The number of benzene rings is 3. The number of nitrogens with zero attached hydrogens (tertiary/aromatic N) is 1. The number of ether oxygens (including phenoxy) is 1. The van der Waals surface area contributed by atoms with Gasteiger partial charge in [-0.25, -0.2) is 0 Å². The van der Waals surface area contributed by atoms with E-state index in [2.05, 4.69) is 46.8 Å². The van der Waals surface area contributed by atoms with Crippen molar-refractivity contribution in [2.75, 3.05) is 18.5 Å². The van der Waals surface area contributed by atoms with Crippen LogP contribution in [0.15, 0.2) is 84.0 Å². The monoisotopic (exact) mass is 454 g/mol. The van der Waals surface area contributed by atoms with Crippen molar-refractivity contribution in [3.63, 3.8) is 0 Å². The lowest BCUT2D eigenvalue weighted by atomic mass is 10.1. The maximum atomic E-state index is 12.9. The minimum atomic E-state index is -0.229. The number of aliphatic imine (C=N–C) groups is 1. The Morgan fingerprint density at radius 1 is 1.00 bits per heavy atom. The van der Waals surface area contributed by atoms with Crippen molar-refractivity contribution in [3.05, 3.63) is 95.7 Å². The van der Waals surface area contributed by atoms with Gasteiger partial charge in [0.1, 0.15) is 5.75 Å². The Hall–Kier alpha value is -4.06. The summed E-state index contributed by atoms with van der Waals surface area (Å²) in [5, 5.41) is 7.42. The molecular formula is C28H30N4O2. The van der Waals surface area contributed by atoms with Crippen LogP contribution >= 0.6 is 0 Å². The van der Waals surface area contributed by atoms with Crippen molar-refractivity contribution in [3.8, 4) is 5.75 Å². The molecule has 6 nitrogen and oxygen atoms in total. The molecule has 174 valence electrons. The zero-order valence-corrected chi connectivity index (χ0v) is 19.6. The molecule has 0 saturated carbocycles. The summed E-state index contributed by atoms with van der Waals surface area (Å²) in [6.45, 7) is 5.16. The standard InChI is InChI=1S/C28H30N4O2/c1-3-20-8-7-9-23(18-20)31-28(32-27(33)21-12-14-24(15-13-21)34-4-2)29-17-16-22-19-30-26-11-6-5-10-25(22)26/h5-15,18-19,30H,3-4,16-17H2,1-2H3,(H2,29,31,32,33). The fraction of sp³-hybridized carbons (Fsp3) is 0.214. The van der Waals surface area contributed by atoms with Gasteiger partial charge in [0.2, 0.25) is 5.96 Å². The Kier molecular flexibility index (Phi) is 7.60. The molecule has 1 aromatic heterocycles. The quantitative estimate of drug-likeness (QED) is 0.241. The highest BCUT2D eigenvalue weighted by atomic mass is 16.5. The number of hydrogen-bond acceptors (Lipinski definition) is 3. The number of aromatic nitrogens is 1. The molecule has 0 saturated heterocycles. The predicted molar refractivity (Wildman–Crippen MR) is 139 cm³/mol. The summed E-state index contributed by atoms with van der Waals surface area (Å²) < 4.78 is 5.47. The van der Waals surface area contributed by atoms with E-state index >= 15 is 0 Å². The number of hydrogen-bond donors (Lipinski definition) is 3. The molecule has 3 N–H and O–H groups in total. The molecule has 0 bridgehead atoms. The van der Waals surface area contributed by atoms with Crippen LogP contribution in [-0.4, -0.2) is 30.0 Å². The molecule has 0 aliphatic carbocycles. The Labute approximate surface area is 200 Å². The van der Waals surface area contributed by atoms with Crippen LogP contribution in [0.1, 0.15) is 35.3 Å². The van der Waals surface area contributed by atoms with Gasteiger partial charge in [-0.3, -0.25) is 15.1 Å². The molecule has 0 unspecified atom stereocenters. The maximum Gasteiger partial charge on any atom is 0.257 e. The van der Waals surface area contributed by atoms with E-state index in [4.69, 9.17) is 9.73 Å². The first-order chi connectivity index (χ1) is 16.7. The normalized spacial score (nSPS) is 11.4. The second kappa shape index (κ2) is 11.2. The van der Waals surface area contributed by atoms with Crippen molar-refractivity contribution in [2.45, 2.75) is 26.7 Å². The van der Waals surface area contributed by atoms with Crippen LogP contribution in [0.2, 0.25) is 0 Å². The minimum absolute atomic E-state index is 0.229. The smallest absolute Gasteiger partial charge is 0.257 e. The van der Waals surface area contributed by atoms with E-state index in [1.807, 2.05) is 37.4 Å². The molecule has 6 heteroatoms. The van der Waals surface area contributed by atoms with Crippen LogP contribution in [-0.2, 0) is 12.8 Å². The molecule has 0 aliphatic heterocycles. The highest BCUT2D eigenvalue weighted by molar-refractivity contribution is 6.10. The number of fused-ring (bicyclic) bond motifs is 1. The highest BCUT2D eigenvalue weighted by Gasteiger charge is 2.11. The number of aromatic amines is 1. The zero-order valence-electron chi connectivity index (χ0n) is 19.6. The molecule has 4 rings (SSSR count). The van der Waals surface area contributed by atoms with E-state index in [1.54, 1.807) is 24.3 Å². The van der Waals surface area contributed by atoms with Gasteiger partial charge in [0.15, 0.2) is 0 Å². The first-order valence-corrected chi connectivity index (χ1v) is 11.7. The average molecular weight is 455 g/mol. The van der Waals surface area contributed by atoms with Crippen LogP contribution in [0.5, 0.6) is 5.75 Å². The van der Waals surface area contributed by atoms with Gasteiger partial charge in [-0.1, -0.05) is 37.3 Å². The molecule has 0 aliphatic rings. The average Bonchev–Trinajstić information content (AvgIpc) is 3.28. The van der Waals surface area contributed by atoms with Gasteiger partial charge in [-0.2, -0.15) is 0 Å². The van der Waals surface area contributed by atoms with E-state index in [0.29, 0.717) is 24.7 Å². The Morgan fingerprint density at radius 3 is 2.62 bits per heavy atom. The van der Waals surface area contributed by atoms with Gasteiger partial charge in [0.25, 0.3) is 5.91 Å². The summed E-state index contributed by atoms with van der Waals surface area (Å²) in [4.78, 5) is 20.9. The largest absolute Gasteiger partial charge is 0.494 e. The molecule has 34 heavy (non-hydrogen) atoms. The Balaban J connectivity index is 1.51. The number of para-hydroxylation sites is 1. The number of carbonyl (C=O) groups is 1. The zero-order chi connectivity index (χ0) is 23.8. The summed E-state index contributed by atoms with van der Waals surface area (Å²) in [5.74, 6) is 0.932. The fourth-order valence-electron chi connectivity index (χ4n) is 3.79. The van der Waals surface area contributed by atoms with E-state index in [9.17, 15) is 4.79 Å². The molecule has 0 fully saturated rings. The first-order valence-electron chi connectivity index (χ1n) is 11.7. The number of carbonyl (C=O) groups excluding carboxylic acids is 1. The predicted octanol–water partition coefficient (Wildman–Crippen LogP) is 5.57. The maximum absolute atomic E-state index is 12.9. The third-order valence-electron chi connectivity index (χ3n) is 5.58. The number of rotatable bonds is 8. The molecular weight excluding hydrogens is 424 g/mol. The van der Waals surface area contributed by atoms with Crippen molar-refractivity contribution < 1.29 is 9.53 Å². The minimum Gasteiger partial charge on any atom is -0.494 e. The summed E-state index contributed by atoms with van der Waals surface area (Å²) in [5.41, 5.74) is 4.94. The van der Waals surface area contributed by atoms with E-state index in [-0.39, 0.29) is 5.91 Å². The van der Waals surface area contributed by atoms with Crippen LogP contribution in [0.25, 0.3) is 10.9 Å². The van der Waals surface area contributed by atoms with Gasteiger partial charge in [0.05, 0.1) is 6.61 Å². The molecule has 1 amide bonds. The number of aryl methyl sites for hydroxylation is 1. The lowest BCUT2D eigenvalue weighted by Crippen LogP contribution is -2.36. The lowest BCUT2D eigenvalue weighted by Gasteiger charge is -2.13. The lowest BCUT2D eigenvalue weighted by molar-refractivity contribution is 0.0977. The Bertz CT molecular complexity index is 1280. The third-order valence-corrected chi connectivity index (χ3v) is 5.58. The molecule has 0 radical (unpaired) electrons. The van der Waals surface area contributed by atoms with Gasteiger partial charge in [0, 0.05) is 34.9 Å². The summed E-state index contributed by atoms with van der Waals surface area (Å²) in [7, 11) is 0. The van der Waals surface area contributed by atoms with Crippen molar-refractivity contribution in [1.82, 2.24) is 10.3 Å². The van der Waals surface area contributed by atoms with Crippen molar-refractivity contribution in [2.24, 2.45) is 4.99 Å².